The third-order valence-electron chi connectivity index (χ3n) is 4.47. The standard InChI is InChI=1S/C14H27NO3/c1-17-11-8-15(7-9-16)13-4-10-18-14(12-13)5-2-3-6-14/h13,16H,2-12H2,1H3. The first kappa shape index (κ1) is 14.3. The van der Waals surface area contributed by atoms with Crippen LogP contribution in [-0.2, 0) is 9.47 Å². The van der Waals surface area contributed by atoms with Crippen LogP contribution in [0.2, 0.25) is 0 Å². The third-order valence-corrected chi connectivity index (χ3v) is 4.47. The molecule has 1 aliphatic heterocycles. The zero-order valence-corrected chi connectivity index (χ0v) is 11.6. The fourth-order valence-corrected chi connectivity index (χ4v) is 3.50. The molecule has 4 heteroatoms. The molecule has 0 radical (unpaired) electrons. The van der Waals surface area contributed by atoms with E-state index in [1.165, 1.54) is 25.7 Å². The Balaban J connectivity index is 1.91. The van der Waals surface area contributed by atoms with Crippen LogP contribution in [0.5, 0.6) is 0 Å². The largest absolute Gasteiger partial charge is 0.395 e. The summed E-state index contributed by atoms with van der Waals surface area (Å²) in [5, 5.41) is 9.21. The molecule has 106 valence electrons. The number of rotatable bonds is 6. The Hall–Kier alpha value is -0.160. The van der Waals surface area contributed by atoms with Crippen molar-refractivity contribution in [2.45, 2.75) is 50.2 Å². The number of hydrogen-bond donors (Lipinski definition) is 1. The maximum Gasteiger partial charge on any atom is 0.0697 e. The van der Waals surface area contributed by atoms with E-state index in [2.05, 4.69) is 4.90 Å². The molecule has 0 aromatic rings. The number of methoxy groups -OCH3 is 1. The number of ether oxygens (including phenoxy) is 2. The van der Waals surface area contributed by atoms with Gasteiger partial charge in [0.05, 0.1) is 18.8 Å². The van der Waals surface area contributed by atoms with E-state index in [0.29, 0.717) is 6.04 Å². The Kier molecular flexibility index (Phi) is 5.42. The van der Waals surface area contributed by atoms with Gasteiger partial charge in [-0.3, -0.25) is 4.90 Å². The molecule has 0 aromatic carbocycles. The van der Waals surface area contributed by atoms with E-state index < -0.39 is 0 Å². The van der Waals surface area contributed by atoms with Crippen molar-refractivity contribution in [1.29, 1.82) is 0 Å². The van der Waals surface area contributed by atoms with Crippen molar-refractivity contribution < 1.29 is 14.6 Å². The lowest BCUT2D eigenvalue weighted by Gasteiger charge is -2.43. The molecule has 1 spiro atoms. The second-order valence-corrected chi connectivity index (χ2v) is 5.64. The Morgan fingerprint density at radius 2 is 2.11 bits per heavy atom. The van der Waals surface area contributed by atoms with E-state index in [-0.39, 0.29) is 12.2 Å². The van der Waals surface area contributed by atoms with Gasteiger partial charge >= 0.3 is 0 Å². The minimum absolute atomic E-state index is 0.156. The molecule has 1 unspecified atom stereocenters. The van der Waals surface area contributed by atoms with Gasteiger partial charge in [-0.2, -0.15) is 0 Å². The lowest BCUT2D eigenvalue weighted by atomic mass is 9.88. The second kappa shape index (κ2) is 6.85. The fourth-order valence-electron chi connectivity index (χ4n) is 3.50. The summed E-state index contributed by atoms with van der Waals surface area (Å²) in [6.45, 7) is 3.51. The molecule has 1 N–H and O–H groups in total. The lowest BCUT2D eigenvalue weighted by molar-refractivity contribution is -0.104. The molecule has 1 saturated carbocycles. The summed E-state index contributed by atoms with van der Waals surface area (Å²) in [7, 11) is 1.74. The zero-order chi connectivity index (χ0) is 12.8. The molecule has 4 nitrogen and oxygen atoms in total. The van der Waals surface area contributed by atoms with E-state index >= 15 is 0 Å². The van der Waals surface area contributed by atoms with Crippen LogP contribution in [-0.4, -0.2) is 61.7 Å². The average molecular weight is 257 g/mol. The lowest BCUT2D eigenvalue weighted by Crippen LogP contribution is -2.49. The van der Waals surface area contributed by atoms with Crippen LogP contribution < -0.4 is 0 Å². The highest BCUT2D eigenvalue weighted by molar-refractivity contribution is 4.94. The Morgan fingerprint density at radius 3 is 2.78 bits per heavy atom. The predicted octanol–water partition coefficient (Wildman–Crippen LogP) is 1.42. The van der Waals surface area contributed by atoms with Crippen LogP contribution in [0.4, 0.5) is 0 Å². The van der Waals surface area contributed by atoms with Crippen molar-refractivity contribution in [3.63, 3.8) is 0 Å². The zero-order valence-electron chi connectivity index (χ0n) is 11.6. The number of aliphatic hydroxyl groups excluding tert-OH is 1. The number of aliphatic hydroxyl groups is 1. The van der Waals surface area contributed by atoms with Crippen LogP contribution in [0.3, 0.4) is 0 Å². The van der Waals surface area contributed by atoms with E-state index in [1.54, 1.807) is 7.11 Å². The highest BCUT2D eigenvalue weighted by Crippen LogP contribution is 2.41. The molecular weight excluding hydrogens is 230 g/mol. The van der Waals surface area contributed by atoms with Gasteiger partial charge in [-0.15, -0.1) is 0 Å². The first-order chi connectivity index (χ1) is 8.79. The summed E-state index contributed by atoms with van der Waals surface area (Å²) < 4.78 is 11.2. The monoisotopic (exact) mass is 257 g/mol. The highest BCUT2D eigenvalue weighted by atomic mass is 16.5. The molecule has 2 rings (SSSR count). The van der Waals surface area contributed by atoms with Gasteiger partial charge < -0.3 is 14.6 Å². The first-order valence-corrected chi connectivity index (χ1v) is 7.27. The van der Waals surface area contributed by atoms with Gasteiger partial charge in [-0.05, 0) is 25.7 Å². The molecule has 1 atom stereocenters. The number of nitrogens with zero attached hydrogens (tertiary/aromatic N) is 1. The Labute approximate surface area is 110 Å². The molecule has 0 aromatic heterocycles. The van der Waals surface area contributed by atoms with Crippen LogP contribution in [0.25, 0.3) is 0 Å². The van der Waals surface area contributed by atoms with Crippen molar-refractivity contribution in [2.75, 3.05) is 40.0 Å². The van der Waals surface area contributed by atoms with Crippen molar-refractivity contribution in [2.24, 2.45) is 0 Å². The summed E-state index contributed by atoms with van der Waals surface area (Å²) in [6.07, 6.45) is 7.29. The highest BCUT2D eigenvalue weighted by Gasteiger charge is 2.41. The summed E-state index contributed by atoms with van der Waals surface area (Å²) in [5.41, 5.74) is 0.156. The SMILES string of the molecule is COCCN(CCO)C1CCOC2(CCCC2)C1. The van der Waals surface area contributed by atoms with Crippen molar-refractivity contribution >= 4 is 0 Å². The van der Waals surface area contributed by atoms with Gasteiger partial charge in [0.2, 0.25) is 0 Å². The number of hydrogen-bond acceptors (Lipinski definition) is 4. The molecule has 1 aliphatic carbocycles. The van der Waals surface area contributed by atoms with Crippen molar-refractivity contribution in [3.05, 3.63) is 0 Å². The Morgan fingerprint density at radius 1 is 1.33 bits per heavy atom. The maximum absolute atomic E-state index is 9.21. The smallest absolute Gasteiger partial charge is 0.0697 e. The van der Waals surface area contributed by atoms with Gasteiger partial charge in [0.15, 0.2) is 0 Å². The topological polar surface area (TPSA) is 41.9 Å². The van der Waals surface area contributed by atoms with Gasteiger partial charge in [-0.1, -0.05) is 12.8 Å². The molecule has 1 heterocycles. The van der Waals surface area contributed by atoms with E-state index in [1.807, 2.05) is 0 Å². The maximum atomic E-state index is 9.21. The summed E-state index contributed by atoms with van der Waals surface area (Å²) in [6, 6.07) is 0.555. The van der Waals surface area contributed by atoms with Gasteiger partial charge in [0.25, 0.3) is 0 Å². The molecule has 1 saturated heterocycles. The van der Waals surface area contributed by atoms with E-state index in [0.717, 1.165) is 39.1 Å². The van der Waals surface area contributed by atoms with Crippen LogP contribution in [0, 0.1) is 0 Å². The molecule has 2 aliphatic rings. The summed E-state index contributed by atoms with van der Waals surface area (Å²) >= 11 is 0. The normalized spacial score (nSPS) is 27.2. The van der Waals surface area contributed by atoms with Gasteiger partial charge in [0, 0.05) is 32.8 Å². The summed E-state index contributed by atoms with van der Waals surface area (Å²) in [4.78, 5) is 2.38. The predicted molar refractivity (Wildman–Crippen MR) is 70.7 cm³/mol. The van der Waals surface area contributed by atoms with Gasteiger partial charge in [0.1, 0.15) is 0 Å². The minimum Gasteiger partial charge on any atom is -0.395 e. The summed E-state index contributed by atoms with van der Waals surface area (Å²) in [5.74, 6) is 0. The molecule has 0 bridgehead atoms. The van der Waals surface area contributed by atoms with Gasteiger partial charge in [-0.25, -0.2) is 0 Å². The quantitative estimate of drug-likeness (QED) is 0.781. The van der Waals surface area contributed by atoms with Crippen LogP contribution in [0.1, 0.15) is 38.5 Å². The van der Waals surface area contributed by atoms with Crippen LogP contribution >= 0.6 is 0 Å². The van der Waals surface area contributed by atoms with E-state index in [4.69, 9.17) is 9.47 Å². The second-order valence-electron chi connectivity index (χ2n) is 5.64. The third kappa shape index (κ3) is 3.44. The van der Waals surface area contributed by atoms with E-state index in [9.17, 15) is 5.11 Å². The van der Waals surface area contributed by atoms with Crippen molar-refractivity contribution in [3.8, 4) is 0 Å². The first-order valence-electron chi connectivity index (χ1n) is 7.27. The van der Waals surface area contributed by atoms with Crippen LogP contribution in [0.15, 0.2) is 0 Å². The average Bonchev–Trinajstić information content (AvgIpc) is 2.82. The minimum atomic E-state index is 0.156. The molecule has 0 amide bonds. The fraction of sp³-hybridized carbons (Fsp3) is 1.00. The molecule has 18 heavy (non-hydrogen) atoms. The molecular formula is C14H27NO3. The van der Waals surface area contributed by atoms with Crippen molar-refractivity contribution in [1.82, 2.24) is 4.90 Å². The molecule has 2 fully saturated rings. The Bertz CT molecular complexity index is 241.